The van der Waals surface area contributed by atoms with Crippen molar-refractivity contribution in [2.24, 2.45) is 12.8 Å². The van der Waals surface area contributed by atoms with Gasteiger partial charge >= 0.3 is 6.18 Å². The van der Waals surface area contributed by atoms with Crippen LogP contribution in [0.2, 0.25) is 5.02 Å². The lowest BCUT2D eigenvalue weighted by Gasteiger charge is -2.14. The summed E-state index contributed by atoms with van der Waals surface area (Å²) in [6.07, 6.45) is -1.86. The summed E-state index contributed by atoms with van der Waals surface area (Å²) in [5.41, 5.74) is 4.58. The third-order valence-electron chi connectivity index (χ3n) is 4.86. The molecular formula is C20H15ClF3N7O2. The SMILES string of the molecule is Cc1c(NC(=O)c2cc(C(F)(F)F)nn2-c2ncccc2Cl)c(C(N)=O)cc2nn(C)cc12. The van der Waals surface area contributed by atoms with Crippen molar-refractivity contribution in [3.63, 3.8) is 0 Å². The van der Waals surface area contributed by atoms with Crippen LogP contribution in [-0.2, 0) is 13.2 Å². The van der Waals surface area contributed by atoms with Gasteiger partial charge in [-0.05, 0) is 30.7 Å². The number of rotatable bonds is 4. The quantitative estimate of drug-likeness (QED) is 0.466. The Labute approximate surface area is 188 Å². The number of alkyl halides is 3. The lowest BCUT2D eigenvalue weighted by Crippen LogP contribution is -2.22. The van der Waals surface area contributed by atoms with Crippen molar-refractivity contribution in [1.82, 2.24) is 24.5 Å². The van der Waals surface area contributed by atoms with Crippen LogP contribution in [0.4, 0.5) is 18.9 Å². The zero-order valence-corrected chi connectivity index (χ0v) is 17.9. The Hall–Kier alpha value is -3.93. The second-order valence-corrected chi connectivity index (χ2v) is 7.52. The molecule has 9 nitrogen and oxygen atoms in total. The van der Waals surface area contributed by atoms with Crippen LogP contribution in [0.5, 0.6) is 0 Å². The molecule has 2 amide bonds. The van der Waals surface area contributed by atoms with Crippen LogP contribution in [0.3, 0.4) is 0 Å². The topological polar surface area (TPSA) is 121 Å². The van der Waals surface area contributed by atoms with Gasteiger partial charge in [0.25, 0.3) is 11.8 Å². The second-order valence-electron chi connectivity index (χ2n) is 7.11. The van der Waals surface area contributed by atoms with E-state index in [0.717, 1.165) is 0 Å². The average molecular weight is 478 g/mol. The number of aryl methyl sites for hydroxylation is 2. The van der Waals surface area contributed by atoms with Crippen molar-refractivity contribution in [2.45, 2.75) is 13.1 Å². The zero-order valence-electron chi connectivity index (χ0n) is 17.1. The molecule has 0 aliphatic carbocycles. The summed E-state index contributed by atoms with van der Waals surface area (Å²) >= 11 is 6.07. The summed E-state index contributed by atoms with van der Waals surface area (Å²) < 4.78 is 42.3. The molecule has 0 fully saturated rings. The second kappa shape index (κ2) is 7.89. The van der Waals surface area contributed by atoms with Crippen LogP contribution < -0.4 is 11.1 Å². The number of nitrogens with two attached hydrogens (primary N) is 1. The first-order valence-electron chi connectivity index (χ1n) is 9.33. The minimum atomic E-state index is -4.83. The van der Waals surface area contributed by atoms with E-state index in [9.17, 15) is 22.8 Å². The van der Waals surface area contributed by atoms with Gasteiger partial charge in [-0.15, -0.1) is 0 Å². The smallest absolute Gasteiger partial charge is 0.366 e. The van der Waals surface area contributed by atoms with Crippen molar-refractivity contribution in [3.05, 3.63) is 64.2 Å². The molecule has 3 N–H and O–H groups in total. The normalized spacial score (nSPS) is 11.7. The zero-order chi connectivity index (χ0) is 24.1. The molecule has 0 aliphatic rings. The van der Waals surface area contributed by atoms with E-state index in [2.05, 4.69) is 20.5 Å². The van der Waals surface area contributed by atoms with Gasteiger partial charge < -0.3 is 11.1 Å². The molecular weight excluding hydrogens is 463 g/mol. The maximum absolute atomic E-state index is 13.4. The van der Waals surface area contributed by atoms with E-state index in [-0.39, 0.29) is 22.1 Å². The van der Waals surface area contributed by atoms with Crippen molar-refractivity contribution in [1.29, 1.82) is 0 Å². The predicted molar refractivity (Wildman–Crippen MR) is 113 cm³/mol. The van der Waals surface area contributed by atoms with Gasteiger partial charge in [0.05, 0.1) is 21.8 Å². The minimum Gasteiger partial charge on any atom is -0.366 e. The molecule has 1 aromatic carbocycles. The monoisotopic (exact) mass is 477 g/mol. The number of carbonyl (C=O) groups excluding carboxylic acids is 2. The largest absolute Gasteiger partial charge is 0.435 e. The summed E-state index contributed by atoms with van der Waals surface area (Å²) in [6.45, 7) is 1.63. The van der Waals surface area contributed by atoms with Crippen LogP contribution in [0.1, 0.15) is 32.1 Å². The molecule has 0 atom stereocenters. The standard InChI is InChI=1S/C20H15ClF3N7O2/c1-9-11-8-30(2)28-13(11)6-10(17(25)32)16(9)27-19(33)14-7-15(20(22,23)24)29-31(14)18-12(21)4-3-5-26-18/h3-8H,1-2H3,(H2,25,32)(H,27,33). The van der Waals surface area contributed by atoms with Gasteiger partial charge in [-0.25, -0.2) is 9.67 Å². The summed E-state index contributed by atoms with van der Waals surface area (Å²) in [4.78, 5) is 29.1. The van der Waals surface area contributed by atoms with Gasteiger partial charge in [0.1, 0.15) is 5.69 Å². The van der Waals surface area contributed by atoms with E-state index in [0.29, 0.717) is 27.2 Å². The van der Waals surface area contributed by atoms with Gasteiger partial charge in [-0.2, -0.15) is 23.4 Å². The number of primary amides is 1. The van der Waals surface area contributed by atoms with Crippen LogP contribution in [0.25, 0.3) is 16.7 Å². The minimum absolute atomic E-state index is 0.0193. The van der Waals surface area contributed by atoms with E-state index < -0.39 is 29.4 Å². The molecule has 0 saturated carbocycles. The molecule has 170 valence electrons. The number of amides is 2. The summed E-state index contributed by atoms with van der Waals surface area (Å²) in [5, 5.41) is 10.8. The first kappa shape index (κ1) is 22.3. The summed E-state index contributed by atoms with van der Waals surface area (Å²) in [7, 11) is 1.68. The highest BCUT2D eigenvalue weighted by Crippen LogP contribution is 2.32. The number of nitrogens with zero attached hydrogens (tertiary/aromatic N) is 5. The third kappa shape index (κ3) is 4.00. The van der Waals surface area contributed by atoms with Crippen molar-refractivity contribution < 1.29 is 22.8 Å². The highest BCUT2D eigenvalue weighted by molar-refractivity contribution is 6.32. The number of nitrogens with one attached hydrogen (secondary N) is 1. The molecule has 13 heteroatoms. The molecule has 0 unspecified atom stereocenters. The number of carbonyl (C=O) groups is 2. The van der Waals surface area contributed by atoms with Gasteiger partial charge in [0.2, 0.25) is 0 Å². The van der Waals surface area contributed by atoms with E-state index >= 15 is 0 Å². The maximum Gasteiger partial charge on any atom is 0.435 e. The Bertz CT molecular complexity index is 1430. The maximum atomic E-state index is 13.4. The molecule has 0 spiro atoms. The predicted octanol–water partition coefficient (Wildman–Crippen LogP) is 3.49. The Morgan fingerprint density at radius 2 is 1.94 bits per heavy atom. The van der Waals surface area contributed by atoms with Crippen LogP contribution in [0, 0.1) is 6.92 Å². The van der Waals surface area contributed by atoms with Crippen molar-refractivity contribution >= 4 is 40.0 Å². The molecule has 0 radical (unpaired) electrons. The van der Waals surface area contributed by atoms with E-state index in [1.807, 2.05) is 0 Å². The lowest BCUT2D eigenvalue weighted by atomic mass is 10.0. The van der Waals surface area contributed by atoms with E-state index in [4.69, 9.17) is 17.3 Å². The molecule has 4 aromatic rings. The number of aromatic nitrogens is 5. The van der Waals surface area contributed by atoms with Gasteiger partial charge in [0, 0.05) is 30.9 Å². The Kier molecular flexibility index (Phi) is 5.32. The van der Waals surface area contributed by atoms with E-state index in [1.54, 1.807) is 20.2 Å². The highest BCUT2D eigenvalue weighted by atomic mass is 35.5. The van der Waals surface area contributed by atoms with Crippen molar-refractivity contribution in [3.8, 4) is 5.82 Å². The van der Waals surface area contributed by atoms with E-state index in [1.165, 1.54) is 29.1 Å². The highest BCUT2D eigenvalue weighted by Gasteiger charge is 2.37. The first-order chi connectivity index (χ1) is 15.5. The Balaban J connectivity index is 1.86. The number of hydrogen-bond donors (Lipinski definition) is 2. The fourth-order valence-corrected chi connectivity index (χ4v) is 3.56. The molecule has 33 heavy (non-hydrogen) atoms. The Morgan fingerprint density at radius 1 is 1.21 bits per heavy atom. The molecule has 0 aliphatic heterocycles. The summed E-state index contributed by atoms with van der Waals surface area (Å²) in [5.74, 6) is -2.00. The van der Waals surface area contributed by atoms with Crippen LogP contribution in [0.15, 0.2) is 36.7 Å². The molecule has 0 saturated heterocycles. The fraction of sp³-hybridized carbons (Fsp3) is 0.150. The molecule has 3 aromatic heterocycles. The summed E-state index contributed by atoms with van der Waals surface area (Å²) in [6, 6.07) is 4.84. The lowest BCUT2D eigenvalue weighted by molar-refractivity contribution is -0.141. The molecule has 0 bridgehead atoms. The number of pyridine rings is 1. The van der Waals surface area contributed by atoms with Gasteiger partial charge in [0.15, 0.2) is 11.5 Å². The van der Waals surface area contributed by atoms with Crippen LogP contribution >= 0.6 is 11.6 Å². The number of fused-ring (bicyclic) bond motifs is 1. The third-order valence-corrected chi connectivity index (χ3v) is 5.16. The van der Waals surface area contributed by atoms with Crippen LogP contribution in [-0.4, -0.2) is 36.4 Å². The number of hydrogen-bond acceptors (Lipinski definition) is 5. The van der Waals surface area contributed by atoms with Crippen molar-refractivity contribution in [2.75, 3.05) is 5.32 Å². The fourth-order valence-electron chi connectivity index (χ4n) is 3.36. The Morgan fingerprint density at radius 3 is 2.58 bits per heavy atom. The number of halogens is 4. The van der Waals surface area contributed by atoms with Gasteiger partial charge in [-0.1, -0.05) is 11.6 Å². The van der Waals surface area contributed by atoms with Gasteiger partial charge in [-0.3, -0.25) is 14.3 Å². The average Bonchev–Trinajstić information content (AvgIpc) is 3.33. The number of anilines is 1. The number of benzene rings is 1. The first-order valence-corrected chi connectivity index (χ1v) is 9.71. The molecule has 3 heterocycles. The molecule has 4 rings (SSSR count).